The molecule has 1 N–H and O–H groups in total. The lowest BCUT2D eigenvalue weighted by Gasteiger charge is -1.93. The number of nitriles is 1. The van der Waals surface area contributed by atoms with Crippen LogP contribution in [0.2, 0.25) is 0 Å². The molecule has 0 aliphatic rings. The van der Waals surface area contributed by atoms with Crippen LogP contribution in [0.25, 0.3) is 0 Å². The molecule has 0 radical (unpaired) electrons. The molecule has 0 aliphatic carbocycles. The summed E-state index contributed by atoms with van der Waals surface area (Å²) in [6.45, 7) is 3.64. The van der Waals surface area contributed by atoms with E-state index in [1.807, 2.05) is 13.8 Å². The van der Waals surface area contributed by atoms with Gasteiger partial charge in [0.15, 0.2) is 0 Å². The Morgan fingerprint density at radius 3 is 2.91 bits per heavy atom. The summed E-state index contributed by atoms with van der Waals surface area (Å²) < 4.78 is 0. The second kappa shape index (κ2) is 3.39. The quantitative estimate of drug-likeness (QED) is 0.672. The van der Waals surface area contributed by atoms with E-state index in [4.69, 9.17) is 5.26 Å². The van der Waals surface area contributed by atoms with Crippen molar-refractivity contribution in [2.75, 3.05) is 0 Å². The van der Waals surface area contributed by atoms with Gasteiger partial charge in [-0.05, 0) is 13.8 Å². The van der Waals surface area contributed by atoms with Crippen molar-refractivity contribution in [1.29, 1.82) is 5.26 Å². The third-order valence-electron chi connectivity index (χ3n) is 1.04. The number of hydrogen-bond acceptors (Lipinski definition) is 4. The summed E-state index contributed by atoms with van der Waals surface area (Å²) in [7, 11) is 0. The number of thioether (sulfide) groups is 1. The van der Waals surface area contributed by atoms with Crippen molar-refractivity contribution in [3.05, 3.63) is 5.82 Å². The Morgan fingerprint density at radius 1 is 1.73 bits per heavy atom. The normalized spacial score (nSPS) is 12.5. The number of nitrogens with zero attached hydrogens (tertiary/aromatic N) is 3. The predicted molar refractivity (Wildman–Crippen MR) is 42.1 cm³/mol. The van der Waals surface area contributed by atoms with E-state index in [0.29, 0.717) is 5.16 Å². The number of nitrogens with one attached hydrogen (secondary N) is 1. The highest BCUT2D eigenvalue weighted by atomic mass is 32.2. The van der Waals surface area contributed by atoms with Crippen molar-refractivity contribution < 1.29 is 0 Å². The maximum Gasteiger partial charge on any atom is 0.209 e. The van der Waals surface area contributed by atoms with Gasteiger partial charge in [0.2, 0.25) is 5.16 Å². The summed E-state index contributed by atoms with van der Waals surface area (Å²) in [4.78, 5) is 4.04. The average Bonchev–Trinajstić information content (AvgIpc) is 2.35. The van der Waals surface area contributed by atoms with Gasteiger partial charge in [0, 0.05) is 0 Å². The molecule has 1 rings (SSSR count). The minimum Gasteiger partial charge on any atom is -0.262 e. The fraction of sp³-hybridized carbons (Fsp3) is 0.500. The van der Waals surface area contributed by atoms with Gasteiger partial charge in [0.1, 0.15) is 5.82 Å². The van der Waals surface area contributed by atoms with Crippen molar-refractivity contribution in [2.24, 2.45) is 0 Å². The molecule has 5 heteroatoms. The van der Waals surface area contributed by atoms with Gasteiger partial charge >= 0.3 is 0 Å². The summed E-state index contributed by atoms with van der Waals surface area (Å²) >= 11 is 1.35. The molecule has 0 spiro atoms. The molecule has 1 heterocycles. The largest absolute Gasteiger partial charge is 0.262 e. The monoisotopic (exact) mass is 168 g/mol. The van der Waals surface area contributed by atoms with Gasteiger partial charge in [-0.3, -0.25) is 5.10 Å². The zero-order valence-electron chi connectivity index (χ0n) is 6.33. The number of aryl methyl sites for hydroxylation is 1. The zero-order valence-corrected chi connectivity index (χ0v) is 7.14. The maximum absolute atomic E-state index is 8.47. The standard InChI is InChI=1S/C6H8N4S/c1-4(3-7)11-6-8-5(2)9-10-6/h4H,1-2H3,(H,8,9,10). The smallest absolute Gasteiger partial charge is 0.209 e. The van der Waals surface area contributed by atoms with Crippen LogP contribution in [0.1, 0.15) is 12.7 Å². The lowest BCUT2D eigenvalue weighted by Crippen LogP contribution is -1.90. The molecular formula is C6H8N4S. The molecule has 0 bridgehead atoms. The van der Waals surface area contributed by atoms with Crippen LogP contribution in [0.3, 0.4) is 0 Å². The molecule has 1 aromatic heterocycles. The molecule has 0 aromatic carbocycles. The van der Waals surface area contributed by atoms with Crippen molar-refractivity contribution in [1.82, 2.24) is 15.2 Å². The van der Waals surface area contributed by atoms with E-state index in [1.54, 1.807) is 0 Å². The summed E-state index contributed by atoms with van der Waals surface area (Å²) in [5.41, 5.74) is 0. The average molecular weight is 168 g/mol. The van der Waals surface area contributed by atoms with E-state index in [1.165, 1.54) is 11.8 Å². The molecule has 1 atom stereocenters. The van der Waals surface area contributed by atoms with Gasteiger partial charge in [0.25, 0.3) is 0 Å². The highest BCUT2D eigenvalue weighted by Gasteiger charge is 2.05. The third-order valence-corrected chi connectivity index (χ3v) is 1.89. The lowest BCUT2D eigenvalue weighted by molar-refractivity contribution is 0.966. The Kier molecular flexibility index (Phi) is 2.49. The molecule has 0 fully saturated rings. The van der Waals surface area contributed by atoms with Crippen molar-refractivity contribution in [3.63, 3.8) is 0 Å². The van der Waals surface area contributed by atoms with E-state index in [9.17, 15) is 0 Å². The Morgan fingerprint density at radius 2 is 2.45 bits per heavy atom. The Bertz CT molecular complexity index is 274. The SMILES string of the molecule is Cc1nc(SC(C)C#N)n[nH]1. The van der Waals surface area contributed by atoms with Crippen LogP contribution >= 0.6 is 11.8 Å². The van der Waals surface area contributed by atoms with E-state index in [0.717, 1.165) is 5.82 Å². The van der Waals surface area contributed by atoms with Gasteiger partial charge in [-0.15, -0.1) is 5.10 Å². The Balaban J connectivity index is 2.59. The molecule has 0 aliphatic heterocycles. The maximum atomic E-state index is 8.47. The van der Waals surface area contributed by atoms with Crippen LogP contribution in [0.5, 0.6) is 0 Å². The fourth-order valence-corrected chi connectivity index (χ4v) is 1.22. The minimum atomic E-state index is -0.0924. The summed E-state index contributed by atoms with van der Waals surface area (Å²) in [5, 5.41) is 15.6. The van der Waals surface area contributed by atoms with Crippen molar-refractivity contribution in [3.8, 4) is 6.07 Å². The van der Waals surface area contributed by atoms with Gasteiger partial charge in [0.05, 0.1) is 11.3 Å². The molecule has 0 saturated heterocycles. The highest BCUT2D eigenvalue weighted by molar-refractivity contribution is 7.99. The van der Waals surface area contributed by atoms with Crippen LogP contribution in [0.15, 0.2) is 5.16 Å². The van der Waals surface area contributed by atoms with Crippen LogP contribution in [-0.4, -0.2) is 20.4 Å². The van der Waals surface area contributed by atoms with Gasteiger partial charge in [-0.2, -0.15) is 5.26 Å². The van der Waals surface area contributed by atoms with E-state index in [-0.39, 0.29) is 5.25 Å². The Hall–Kier alpha value is -1.02. The first-order valence-corrected chi connectivity index (χ1v) is 4.05. The first kappa shape index (κ1) is 8.08. The zero-order chi connectivity index (χ0) is 8.27. The first-order chi connectivity index (χ1) is 5.22. The number of rotatable bonds is 2. The number of aromatic nitrogens is 3. The van der Waals surface area contributed by atoms with Gasteiger partial charge in [-0.25, -0.2) is 4.98 Å². The Labute approximate surface area is 69.0 Å². The molecule has 0 amide bonds. The predicted octanol–water partition coefficient (Wildman–Crippen LogP) is 1.12. The van der Waals surface area contributed by atoms with E-state index >= 15 is 0 Å². The topological polar surface area (TPSA) is 65.4 Å². The first-order valence-electron chi connectivity index (χ1n) is 3.17. The summed E-state index contributed by atoms with van der Waals surface area (Å²) in [6, 6.07) is 2.09. The molecular weight excluding hydrogens is 160 g/mol. The summed E-state index contributed by atoms with van der Waals surface area (Å²) in [5.74, 6) is 0.776. The number of hydrogen-bond donors (Lipinski definition) is 1. The van der Waals surface area contributed by atoms with Gasteiger partial charge < -0.3 is 0 Å². The molecule has 58 valence electrons. The number of aromatic amines is 1. The van der Waals surface area contributed by atoms with Gasteiger partial charge in [-0.1, -0.05) is 11.8 Å². The van der Waals surface area contributed by atoms with E-state index in [2.05, 4.69) is 21.3 Å². The van der Waals surface area contributed by atoms with Crippen molar-refractivity contribution >= 4 is 11.8 Å². The second-order valence-corrected chi connectivity index (χ2v) is 3.40. The van der Waals surface area contributed by atoms with Crippen LogP contribution in [-0.2, 0) is 0 Å². The second-order valence-electron chi connectivity index (χ2n) is 2.09. The lowest BCUT2D eigenvalue weighted by atomic mass is 10.5. The molecule has 1 aromatic rings. The molecule has 1 unspecified atom stereocenters. The van der Waals surface area contributed by atoms with Crippen LogP contribution in [0.4, 0.5) is 0 Å². The number of H-pyrrole nitrogens is 1. The fourth-order valence-electron chi connectivity index (χ4n) is 0.559. The van der Waals surface area contributed by atoms with Crippen molar-refractivity contribution in [2.45, 2.75) is 24.3 Å². The van der Waals surface area contributed by atoms with Crippen LogP contribution < -0.4 is 0 Å². The molecule has 0 saturated carbocycles. The van der Waals surface area contributed by atoms with E-state index < -0.39 is 0 Å². The molecule has 4 nitrogen and oxygen atoms in total. The molecule has 11 heavy (non-hydrogen) atoms. The third kappa shape index (κ3) is 2.24. The van der Waals surface area contributed by atoms with Crippen LogP contribution in [0, 0.1) is 18.3 Å². The highest BCUT2D eigenvalue weighted by Crippen LogP contribution is 2.17. The summed E-state index contributed by atoms with van der Waals surface area (Å²) in [6.07, 6.45) is 0. The minimum absolute atomic E-state index is 0.0924.